The van der Waals surface area contributed by atoms with Crippen LogP contribution in [0.1, 0.15) is 23.7 Å². The molecule has 0 saturated carbocycles. The minimum absolute atomic E-state index is 0.0465. The lowest BCUT2D eigenvalue weighted by atomic mass is 10.1. The van der Waals surface area contributed by atoms with E-state index in [4.69, 9.17) is 4.74 Å². The molecule has 0 unspecified atom stereocenters. The van der Waals surface area contributed by atoms with Crippen LogP contribution in [0.4, 0.5) is 0 Å². The number of phenolic OH excluding ortho intramolecular Hbond substituents is 1. The molecular weight excluding hydrogens is 326 g/mol. The topological polar surface area (TPSA) is 78.5 Å². The lowest BCUT2D eigenvalue weighted by Crippen LogP contribution is -2.35. The Hall–Kier alpha value is -1.99. The van der Waals surface area contributed by atoms with Crippen LogP contribution in [0.3, 0.4) is 0 Å². The summed E-state index contributed by atoms with van der Waals surface area (Å²) in [6.45, 7) is 4.52. The fourth-order valence-electron chi connectivity index (χ4n) is 2.88. The van der Waals surface area contributed by atoms with Gasteiger partial charge in [-0.05, 0) is 30.9 Å². The number of H-pyrrole nitrogens is 1. The molecule has 1 aromatic carbocycles. The summed E-state index contributed by atoms with van der Waals surface area (Å²) in [5, 5.41) is 10.5. The van der Waals surface area contributed by atoms with Gasteiger partial charge in [0.1, 0.15) is 0 Å². The average molecular weight is 347 g/mol. The van der Waals surface area contributed by atoms with Crippen molar-refractivity contribution in [3.8, 4) is 11.5 Å². The number of aromatic hydroxyl groups is 1. The number of nitrogens with zero attached hydrogens (tertiary/aromatic N) is 2. The van der Waals surface area contributed by atoms with Crippen LogP contribution in [-0.4, -0.2) is 39.4 Å². The number of benzene rings is 1. The first-order valence-corrected chi connectivity index (χ1v) is 9.16. The third-order valence-electron chi connectivity index (χ3n) is 4.05. The van der Waals surface area contributed by atoms with Crippen molar-refractivity contribution in [3.63, 3.8) is 0 Å². The van der Waals surface area contributed by atoms with E-state index in [9.17, 15) is 9.90 Å². The molecule has 1 aromatic heterocycles. The highest BCUT2D eigenvalue weighted by Crippen LogP contribution is 2.28. The van der Waals surface area contributed by atoms with Gasteiger partial charge in [-0.1, -0.05) is 17.8 Å². The van der Waals surface area contributed by atoms with Gasteiger partial charge >= 0.3 is 0 Å². The molecule has 2 heterocycles. The molecule has 7 heteroatoms. The van der Waals surface area contributed by atoms with E-state index in [2.05, 4.69) is 14.9 Å². The zero-order chi connectivity index (χ0) is 17.1. The van der Waals surface area contributed by atoms with Crippen LogP contribution in [-0.2, 0) is 19.5 Å². The van der Waals surface area contributed by atoms with E-state index >= 15 is 0 Å². The largest absolute Gasteiger partial charge is 0.504 e. The van der Waals surface area contributed by atoms with E-state index in [1.807, 2.05) is 25.3 Å². The minimum atomic E-state index is -0.0465. The SMILES string of the molecule is CCOc1cc(CN2CCc3nc(SC)[nH]c(=O)c3C2)ccc1O. The van der Waals surface area contributed by atoms with E-state index in [0.29, 0.717) is 30.6 Å². The van der Waals surface area contributed by atoms with Gasteiger partial charge in [0.25, 0.3) is 5.56 Å². The summed E-state index contributed by atoms with van der Waals surface area (Å²) in [6, 6.07) is 5.39. The van der Waals surface area contributed by atoms with Crippen molar-refractivity contribution in [1.82, 2.24) is 14.9 Å². The summed E-state index contributed by atoms with van der Waals surface area (Å²) in [6.07, 6.45) is 2.67. The summed E-state index contributed by atoms with van der Waals surface area (Å²) in [4.78, 5) is 21.8. The number of ether oxygens (including phenoxy) is 1. The molecule has 0 spiro atoms. The van der Waals surface area contributed by atoms with Gasteiger partial charge in [-0.2, -0.15) is 0 Å². The molecule has 0 radical (unpaired) electrons. The monoisotopic (exact) mass is 347 g/mol. The van der Waals surface area contributed by atoms with Gasteiger partial charge in [-0.15, -0.1) is 0 Å². The number of hydrogen-bond donors (Lipinski definition) is 2. The highest BCUT2D eigenvalue weighted by atomic mass is 32.2. The number of hydrogen-bond acceptors (Lipinski definition) is 6. The van der Waals surface area contributed by atoms with Crippen molar-refractivity contribution in [2.24, 2.45) is 0 Å². The highest BCUT2D eigenvalue weighted by molar-refractivity contribution is 7.98. The Morgan fingerprint density at radius 1 is 1.46 bits per heavy atom. The van der Waals surface area contributed by atoms with Gasteiger partial charge in [-0.3, -0.25) is 9.69 Å². The summed E-state index contributed by atoms with van der Waals surface area (Å²) >= 11 is 1.45. The number of nitrogens with one attached hydrogen (secondary N) is 1. The Kier molecular flexibility index (Phi) is 5.11. The molecule has 0 fully saturated rings. The second-order valence-corrected chi connectivity index (χ2v) is 6.49. The zero-order valence-electron chi connectivity index (χ0n) is 13.8. The van der Waals surface area contributed by atoms with Crippen LogP contribution >= 0.6 is 11.8 Å². The highest BCUT2D eigenvalue weighted by Gasteiger charge is 2.21. The molecule has 0 aliphatic carbocycles. The van der Waals surface area contributed by atoms with Crippen LogP contribution < -0.4 is 10.3 Å². The van der Waals surface area contributed by atoms with Crippen LogP contribution in [0.25, 0.3) is 0 Å². The maximum absolute atomic E-state index is 12.2. The first-order chi connectivity index (χ1) is 11.6. The number of aromatic amines is 1. The van der Waals surface area contributed by atoms with E-state index in [1.165, 1.54) is 11.8 Å². The van der Waals surface area contributed by atoms with Crippen molar-refractivity contribution < 1.29 is 9.84 Å². The van der Waals surface area contributed by atoms with Crippen LogP contribution in [0, 0.1) is 0 Å². The standard InChI is InChI=1S/C17H21N3O3S/c1-3-23-15-8-11(4-5-14(15)21)9-20-7-6-13-12(10-20)16(22)19-17(18-13)24-2/h4-5,8,21H,3,6-7,9-10H2,1-2H3,(H,18,19,22). The van der Waals surface area contributed by atoms with Crippen molar-refractivity contribution >= 4 is 11.8 Å². The molecule has 0 atom stereocenters. The van der Waals surface area contributed by atoms with Gasteiger partial charge in [0.15, 0.2) is 16.7 Å². The number of rotatable bonds is 5. The summed E-state index contributed by atoms with van der Waals surface area (Å²) in [5.41, 5.74) is 2.66. The van der Waals surface area contributed by atoms with Gasteiger partial charge in [0.05, 0.1) is 17.9 Å². The second kappa shape index (κ2) is 7.27. The molecule has 1 aliphatic rings. The molecule has 24 heavy (non-hydrogen) atoms. The van der Waals surface area contributed by atoms with Gasteiger partial charge in [-0.25, -0.2) is 4.98 Å². The predicted molar refractivity (Wildman–Crippen MR) is 93.7 cm³/mol. The molecule has 128 valence electrons. The molecule has 1 aliphatic heterocycles. The Morgan fingerprint density at radius 3 is 3.04 bits per heavy atom. The number of phenols is 1. The maximum atomic E-state index is 12.2. The number of fused-ring (bicyclic) bond motifs is 1. The molecule has 2 aromatic rings. The first kappa shape index (κ1) is 16.9. The van der Waals surface area contributed by atoms with Crippen LogP contribution in [0.5, 0.6) is 11.5 Å². The molecular formula is C17H21N3O3S. The normalized spacial score (nSPS) is 14.4. The number of aromatic nitrogens is 2. The van der Waals surface area contributed by atoms with Crippen molar-refractivity contribution in [2.45, 2.75) is 31.6 Å². The van der Waals surface area contributed by atoms with E-state index in [1.54, 1.807) is 6.07 Å². The lowest BCUT2D eigenvalue weighted by molar-refractivity contribution is 0.240. The first-order valence-electron chi connectivity index (χ1n) is 7.93. The zero-order valence-corrected chi connectivity index (χ0v) is 14.7. The Balaban J connectivity index is 1.77. The van der Waals surface area contributed by atoms with Gasteiger partial charge in [0.2, 0.25) is 0 Å². The van der Waals surface area contributed by atoms with Gasteiger partial charge < -0.3 is 14.8 Å². The van der Waals surface area contributed by atoms with Crippen molar-refractivity contribution in [3.05, 3.63) is 45.4 Å². The minimum Gasteiger partial charge on any atom is -0.504 e. The second-order valence-electron chi connectivity index (χ2n) is 5.70. The van der Waals surface area contributed by atoms with E-state index in [0.717, 1.165) is 29.8 Å². The third-order valence-corrected chi connectivity index (χ3v) is 4.63. The van der Waals surface area contributed by atoms with Crippen LogP contribution in [0.2, 0.25) is 0 Å². The predicted octanol–water partition coefficient (Wildman–Crippen LogP) is 2.15. The average Bonchev–Trinajstić information content (AvgIpc) is 2.58. The maximum Gasteiger partial charge on any atom is 0.256 e. The molecule has 6 nitrogen and oxygen atoms in total. The van der Waals surface area contributed by atoms with Crippen LogP contribution in [0.15, 0.2) is 28.2 Å². The fraction of sp³-hybridized carbons (Fsp3) is 0.412. The lowest BCUT2D eigenvalue weighted by Gasteiger charge is -2.27. The summed E-state index contributed by atoms with van der Waals surface area (Å²) < 4.78 is 5.43. The fourth-order valence-corrected chi connectivity index (χ4v) is 3.27. The Labute approximate surface area is 144 Å². The Bertz CT molecular complexity index is 791. The van der Waals surface area contributed by atoms with E-state index < -0.39 is 0 Å². The van der Waals surface area contributed by atoms with E-state index in [-0.39, 0.29) is 11.3 Å². The summed E-state index contributed by atoms with van der Waals surface area (Å²) in [7, 11) is 0. The summed E-state index contributed by atoms with van der Waals surface area (Å²) in [5.74, 6) is 0.645. The van der Waals surface area contributed by atoms with Crippen molar-refractivity contribution in [1.29, 1.82) is 0 Å². The third kappa shape index (κ3) is 3.57. The molecule has 0 saturated heterocycles. The molecule has 3 rings (SSSR count). The number of thioether (sulfide) groups is 1. The smallest absolute Gasteiger partial charge is 0.256 e. The molecule has 0 bridgehead atoms. The molecule has 0 amide bonds. The Morgan fingerprint density at radius 2 is 2.29 bits per heavy atom. The molecule has 2 N–H and O–H groups in total. The van der Waals surface area contributed by atoms with Crippen molar-refractivity contribution in [2.75, 3.05) is 19.4 Å². The van der Waals surface area contributed by atoms with Gasteiger partial charge in [0, 0.05) is 26.1 Å². The quantitative estimate of drug-likeness (QED) is 0.637.